The number of nitrogens with zero attached hydrogens (tertiary/aromatic N) is 4. The van der Waals surface area contributed by atoms with Crippen LogP contribution in [0.15, 0.2) is 21.8 Å². The zero-order chi connectivity index (χ0) is 15.4. The van der Waals surface area contributed by atoms with Crippen molar-refractivity contribution in [3.63, 3.8) is 0 Å². The zero-order valence-corrected chi connectivity index (χ0v) is 16.6. The minimum absolute atomic E-state index is 0. The lowest BCUT2D eigenvalue weighted by molar-refractivity contribution is 0.358. The number of aryl methyl sites for hydroxylation is 2. The Bertz CT molecular complexity index is 636. The van der Waals surface area contributed by atoms with Crippen molar-refractivity contribution in [2.75, 3.05) is 13.6 Å². The molecule has 3 heterocycles. The van der Waals surface area contributed by atoms with E-state index in [0.717, 1.165) is 50.1 Å². The van der Waals surface area contributed by atoms with Crippen LogP contribution in [0.25, 0.3) is 0 Å². The van der Waals surface area contributed by atoms with Crippen LogP contribution in [0.2, 0.25) is 0 Å². The molecule has 8 heteroatoms. The highest BCUT2D eigenvalue weighted by molar-refractivity contribution is 14.0. The number of fused-ring (bicyclic) bond motifs is 1. The van der Waals surface area contributed by atoms with E-state index in [4.69, 9.17) is 0 Å². The van der Waals surface area contributed by atoms with E-state index in [1.165, 1.54) is 5.56 Å². The lowest BCUT2D eigenvalue weighted by Crippen LogP contribution is -2.41. The summed E-state index contributed by atoms with van der Waals surface area (Å²) in [5.41, 5.74) is 1.29. The third kappa shape index (κ3) is 4.66. The Balaban J connectivity index is 0.00000192. The van der Waals surface area contributed by atoms with Crippen LogP contribution >= 0.6 is 35.3 Å². The van der Waals surface area contributed by atoms with Gasteiger partial charge < -0.3 is 15.2 Å². The first-order valence-corrected chi connectivity index (χ1v) is 8.55. The van der Waals surface area contributed by atoms with Gasteiger partial charge >= 0.3 is 0 Å². The third-order valence-corrected chi connectivity index (χ3v) is 4.78. The van der Waals surface area contributed by atoms with Crippen LogP contribution in [0.4, 0.5) is 0 Å². The van der Waals surface area contributed by atoms with Crippen molar-refractivity contribution in [1.82, 2.24) is 25.4 Å². The average Bonchev–Trinajstić information content (AvgIpc) is 3.18. The number of aromatic nitrogens is 3. The van der Waals surface area contributed by atoms with E-state index < -0.39 is 0 Å². The minimum atomic E-state index is 0. The highest BCUT2D eigenvalue weighted by Crippen LogP contribution is 2.19. The van der Waals surface area contributed by atoms with Gasteiger partial charge in [0.25, 0.3) is 0 Å². The lowest BCUT2D eigenvalue weighted by Gasteiger charge is -2.25. The second-order valence-corrected chi connectivity index (χ2v) is 6.40. The lowest BCUT2D eigenvalue weighted by atomic mass is 9.99. The molecule has 126 valence electrons. The molecule has 0 amide bonds. The number of rotatable bonds is 4. The monoisotopic (exact) mass is 446 g/mol. The van der Waals surface area contributed by atoms with Crippen LogP contribution in [0, 0.1) is 12.8 Å². The molecule has 0 aliphatic carbocycles. The quantitative estimate of drug-likeness (QED) is 0.430. The van der Waals surface area contributed by atoms with E-state index in [1.807, 2.05) is 14.0 Å². The van der Waals surface area contributed by atoms with E-state index in [1.54, 1.807) is 11.3 Å². The Hall–Kier alpha value is -1.16. The van der Waals surface area contributed by atoms with Gasteiger partial charge in [-0.1, -0.05) is 0 Å². The summed E-state index contributed by atoms with van der Waals surface area (Å²) in [5, 5.41) is 19.4. The highest BCUT2D eigenvalue weighted by atomic mass is 127. The first-order valence-electron chi connectivity index (χ1n) is 7.60. The number of thiophene rings is 1. The fraction of sp³-hybridized carbons (Fsp3) is 0.533. The smallest absolute Gasteiger partial charge is 0.191 e. The molecular formula is C15H23IN6S. The van der Waals surface area contributed by atoms with E-state index in [0.29, 0.717) is 5.92 Å². The van der Waals surface area contributed by atoms with Crippen LogP contribution in [-0.4, -0.2) is 34.3 Å². The van der Waals surface area contributed by atoms with Crippen molar-refractivity contribution in [3.8, 4) is 0 Å². The molecular weight excluding hydrogens is 423 g/mol. The topological polar surface area (TPSA) is 67.1 Å². The van der Waals surface area contributed by atoms with Crippen LogP contribution in [0.3, 0.4) is 0 Å². The van der Waals surface area contributed by atoms with Crippen LogP contribution in [0.1, 0.15) is 23.6 Å². The second kappa shape index (κ2) is 8.62. The molecule has 1 aliphatic rings. The Kier molecular flexibility index (Phi) is 6.82. The molecule has 2 aromatic rings. The summed E-state index contributed by atoms with van der Waals surface area (Å²) >= 11 is 1.72. The van der Waals surface area contributed by atoms with Gasteiger partial charge in [0.05, 0.1) is 0 Å². The van der Waals surface area contributed by atoms with Gasteiger partial charge in [0.15, 0.2) is 5.96 Å². The van der Waals surface area contributed by atoms with E-state index in [9.17, 15) is 0 Å². The summed E-state index contributed by atoms with van der Waals surface area (Å²) in [6.07, 6.45) is 2.15. The van der Waals surface area contributed by atoms with Gasteiger partial charge in [-0.2, -0.15) is 11.3 Å². The van der Waals surface area contributed by atoms with Crippen LogP contribution < -0.4 is 10.6 Å². The molecule has 1 aliphatic heterocycles. The van der Waals surface area contributed by atoms with Crippen molar-refractivity contribution in [2.24, 2.45) is 10.9 Å². The summed E-state index contributed by atoms with van der Waals surface area (Å²) in [6, 6.07) is 2.13. The molecule has 0 spiro atoms. The van der Waals surface area contributed by atoms with Crippen molar-refractivity contribution in [3.05, 3.63) is 34.0 Å². The number of hydrogen-bond donors (Lipinski definition) is 2. The number of guanidine groups is 1. The number of hydrogen-bond acceptors (Lipinski definition) is 4. The predicted octanol–water partition coefficient (Wildman–Crippen LogP) is 2.19. The molecule has 0 radical (unpaired) electrons. The predicted molar refractivity (Wildman–Crippen MR) is 105 cm³/mol. The van der Waals surface area contributed by atoms with Gasteiger partial charge in [0, 0.05) is 33.1 Å². The van der Waals surface area contributed by atoms with Crippen molar-refractivity contribution >= 4 is 41.3 Å². The molecule has 1 unspecified atom stereocenters. The molecule has 0 aromatic carbocycles. The fourth-order valence-corrected chi connectivity index (χ4v) is 3.41. The summed E-state index contributed by atoms with van der Waals surface area (Å²) in [4.78, 5) is 4.29. The van der Waals surface area contributed by atoms with Gasteiger partial charge in [-0.25, -0.2) is 0 Å². The summed E-state index contributed by atoms with van der Waals surface area (Å²) < 4.78 is 2.23. The number of nitrogens with one attached hydrogen (secondary N) is 2. The van der Waals surface area contributed by atoms with E-state index >= 15 is 0 Å². The molecule has 0 fully saturated rings. The maximum absolute atomic E-state index is 4.29. The van der Waals surface area contributed by atoms with E-state index in [-0.39, 0.29) is 24.0 Å². The Labute approximate surface area is 157 Å². The molecule has 0 bridgehead atoms. The summed E-state index contributed by atoms with van der Waals surface area (Å²) in [6.45, 7) is 4.74. The van der Waals surface area contributed by atoms with Crippen molar-refractivity contribution in [2.45, 2.75) is 32.9 Å². The molecule has 23 heavy (non-hydrogen) atoms. The van der Waals surface area contributed by atoms with Crippen molar-refractivity contribution < 1.29 is 0 Å². The molecule has 1 atom stereocenters. The Morgan fingerprint density at radius 1 is 1.43 bits per heavy atom. The largest absolute Gasteiger partial charge is 0.356 e. The van der Waals surface area contributed by atoms with Gasteiger partial charge in [0.2, 0.25) is 0 Å². The first-order chi connectivity index (χ1) is 10.8. The molecule has 2 N–H and O–H groups in total. The minimum Gasteiger partial charge on any atom is -0.356 e. The maximum atomic E-state index is 4.29. The third-order valence-electron chi connectivity index (χ3n) is 4.05. The number of aliphatic imine (C=N–C) groups is 1. The average molecular weight is 446 g/mol. The summed E-state index contributed by atoms with van der Waals surface area (Å²) in [5.74, 6) is 3.58. The standard InChI is InChI=1S/C15H22N6S.HI/c1-11-19-20-14-4-3-12(9-21(11)14)7-17-15(16-2)18-8-13-5-6-22-10-13;/h5-6,10,12H,3-4,7-9H2,1-2H3,(H2,16,17,18);1H. The second-order valence-electron chi connectivity index (χ2n) is 5.62. The maximum Gasteiger partial charge on any atom is 0.191 e. The van der Waals surface area contributed by atoms with Gasteiger partial charge in [-0.05, 0) is 41.7 Å². The molecule has 2 aromatic heterocycles. The molecule has 3 rings (SSSR count). The van der Waals surface area contributed by atoms with Crippen LogP contribution in [0.5, 0.6) is 0 Å². The molecule has 6 nitrogen and oxygen atoms in total. The Morgan fingerprint density at radius 2 is 2.30 bits per heavy atom. The molecule has 0 saturated heterocycles. The van der Waals surface area contributed by atoms with Gasteiger partial charge in [0.1, 0.15) is 11.6 Å². The van der Waals surface area contributed by atoms with Gasteiger partial charge in [-0.15, -0.1) is 34.2 Å². The SMILES string of the molecule is CN=C(NCc1ccsc1)NCC1CCc2nnc(C)n2C1.I. The number of halogens is 1. The Morgan fingerprint density at radius 3 is 3.04 bits per heavy atom. The summed E-state index contributed by atoms with van der Waals surface area (Å²) in [7, 11) is 1.81. The van der Waals surface area contributed by atoms with Crippen molar-refractivity contribution in [1.29, 1.82) is 0 Å². The highest BCUT2D eigenvalue weighted by Gasteiger charge is 2.21. The van der Waals surface area contributed by atoms with Crippen LogP contribution in [-0.2, 0) is 19.5 Å². The van der Waals surface area contributed by atoms with E-state index in [2.05, 4.69) is 47.2 Å². The zero-order valence-electron chi connectivity index (χ0n) is 13.5. The molecule has 0 saturated carbocycles. The van der Waals surface area contributed by atoms with Gasteiger partial charge in [-0.3, -0.25) is 4.99 Å². The first kappa shape index (κ1) is 18.2. The fourth-order valence-electron chi connectivity index (χ4n) is 2.74. The normalized spacial score (nSPS) is 17.3.